The topological polar surface area (TPSA) is 94.7 Å². The van der Waals surface area contributed by atoms with E-state index in [9.17, 15) is 27.6 Å². The van der Waals surface area contributed by atoms with Gasteiger partial charge >= 0.3 is 17.6 Å². The second-order valence-corrected chi connectivity index (χ2v) is 8.77. The average molecular weight is 443 g/mol. The number of H-pyrrole nitrogens is 1. The van der Waals surface area contributed by atoms with Gasteiger partial charge in [0.05, 0.1) is 11.9 Å². The maximum Gasteiger partial charge on any atom is 0.389 e. The van der Waals surface area contributed by atoms with Crippen LogP contribution >= 0.6 is 11.3 Å². The summed E-state index contributed by atoms with van der Waals surface area (Å²) in [4.78, 5) is 41.4. The monoisotopic (exact) mass is 443 g/mol. The molecule has 12 heteroatoms. The number of hydrogen-bond donors (Lipinski definition) is 1. The number of aromatic nitrogens is 5. The second-order valence-electron chi connectivity index (χ2n) is 7.69. The molecule has 1 aliphatic rings. The summed E-state index contributed by atoms with van der Waals surface area (Å²) in [6.45, 7) is 3.60. The molecular formula is C18H20F3N5O3S. The van der Waals surface area contributed by atoms with Crippen molar-refractivity contribution in [3.63, 3.8) is 0 Å². The van der Waals surface area contributed by atoms with Crippen molar-refractivity contribution in [1.82, 2.24) is 23.9 Å². The molecule has 0 bridgehead atoms. The Labute approximate surface area is 171 Å². The van der Waals surface area contributed by atoms with Crippen LogP contribution in [0.1, 0.15) is 42.7 Å². The Balaban J connectivity index is 1.86. The summed E-state index contributed by atoms with van der Waals surface area (Å²) < 4.78 is 41.6. The van der Waals surface area contributed by atoms with Crippen molar-refractivity contribution in [3.8, 4) is 0 Å². The fourth-order valence-corrected chi connectivity index (χ4v) is 4.98. The molecule has 30 heavy (non-hydrogen) atoms. The predicted molar refractivity (Wildman–Crippen MR) is 105 cm³/mol. The molecule has 3 aromatic rings. The van der Waals surface area contributed by atoms with Crippen molar-refractivity contribution in [3.05, 3.63) is 48.1 Å². The highest BCUT2D eigenvalue weighted by atomic mass is 32.1. The van der Waals surface area contributed by atoms with Gasteiger partial charge in [-0.25, -0.2) is 14.3 Å². The molecular weight excluding hydrogens is 423 g/mol. The van der Waals surface area contributed by atoms with Crippen LogP contribution in [0.4, 0.5) is 13.2 Å². The van der Waals surface area contributed by atoms with Gasteiger partial charge in [0, 0.05) is 23.9 Å². The lowest BCUT2D eigenvalue weighted by Gasteiger charge is -2.13. The number of aromatic amines is 1. The van der Waals surface area contributed by atoms with Gasteiger partial charge in [-0.2, -0.15) is 18.3 Å². The Hall–Kier alpha value is -2.63. The highest BCUT2D eigenvalue weighted by molar-refractivity contribution is 7.18. The Morgan fingerprint density at radius 2 is 2.00 bits per heavy atom. The molecule has 1 N–H and O–H groups in total. The van der Waals surface area contributed by atoms with Crippen LogP contribution in [0.25, 0.3) is 10.2 Å². The van der Waals surface area contributed by atoms with Crippen molar-refractivity contribution >= 4 is 21.6 Å². The molecule has 1 saturated carbocycles. The van der Waals surface area contributed by atoms with Gasteiger partial charge in [0.1, 0.15) is 11.2 Å². The lowest BCUT2D eigenvalue weighted by Crippen LogP contribution is -2.39. The van der Waals surface area contributed by atoms with Crippen molar-refractivity contribution in [2.75, 3.05) is 0 Å². The average Bonchev–Trinajstić information content (AvgIpc) is 3.06. The van der Waals surface area contributed by atoms with Crippen LogP contribution in [-0.2, 0) is 13.1 Å². The normalized spacial score (nSPS) is 19.0. The number of halogens is 3. The highest BCUT2D eigenvalue weighted by Gasteiger charge is 2.38. The Bertz CT molecular complexity index is 1280. The smallest absolute Gasteiger partial charge is 0.295 e. The van der Waals surface area contributed by atoms with E-state index in [0.717, 1.165) is 11.3 Å². The van der Waals surface area contributed by atoms with Crippen molar-refractivity contribution in [2.24, 2.45) is 5.92 Å². The zero-order valence-corrected chi connectivity index (χ0v) is 17.1. The second kappa shape index (κ2) is 7.25. The summed E-state index contributed by atoms with van der Waals surface area (Å²) in [5.41, 5.74) is -0.806. The largest absolute Gasteiger partial charge is 0.389 e. The summed E-state index contributed by atoms with van der Waals surface area (Å²) in [5, 5.41) is 4.23. The first-order valence-corrected chi connectivity index (χ1v) is 10.3. The number of alkyl halides is 3. The summed E-state index contributed by atoms with van der Waals surface area (Å²) in [5.74, 6) is 0.164. The van der Waals surface area contributed by atoms with Gasteiger partial charge in [-0.3, -0.25) is 18.9 Å². The van der Waals surface area contributed by atoms with Gasteiger partial charge in [0.25, 0.3) is 5.56 Å². The number of hydrogen-bond acceptors (Lipinski definition) is 5. The molecule has 1 fully saturated rings. The van der Waals surface area contributed by atoms with Crippen molar-refractivity contribution in [2.45, 2.75) is 58.4 Å². The Kier molecular flexibility index (Phi) is 4.99. The van der Waals surface area contributed by atoms with Crippen molar-refractivity contribution < 1.29 is 13.2 Å². The third-order valence-electron chi connectivity index (χ3n) is 5.50. The summed E-state index contributed by atoms with van der Waals surface area (Å²) in [7, 11) is 0. The molecule has 0 saturated heterocycles. The summed E-state index contributed by atoms with van der Waals surface area (Å²) in [6, 6.07) is -0.236. The molecule has 0 aliphatic heterocycles. The molecule has 8 nitrogen and oxygen atoms in total. The molecule has 0 amide bonds. The molecule has 0 spiro atoms. The number of aryl methyl sites for hydroxylation is 2. The molecule has 2 atom stereocenters. The molecule has 4 rings (SSSR count). The van der Waals surface area contributed by atoms with Crippen LogP contribution in [-0.4, -0.2) is 30.1 Å². The van der Waals surface area contributed by atoms with Gasteiger partial charge in [0.15, 0.2) is 0 Å². The van der Waals surface area contributed by atoms with Crippen LogP contribution in [0.2, 0.25) is 0 Å². The minimum Gasteiger partial charge on any atom is -0.295 e. The van der Waals surface area contributed by atoms with Crippen LogP contribution < -0.4 is 16.9 Å². The Morgan fingerprint density at radius 3 is 2.57 bits per heavy atom. The fourth-order valence-electron chi connectivity index (χ4n) is 3.68. The van der Waals surface area contributed by atoms with Gasteiger partial charge in [-0.15, -0.1) is 11.3 Å². The highest BCUT2D eigenvalue weighted by Crippen LogP contribution is 2.41. The molecule has 0 unspecified atom stereocenters. The summed E-state index contributed by atoms with van der Waals surface area (Å²) >= 11 is 1.14. The van der Waals surface area contributed by atoms with E-state index in [-0.39, 0.29) is 31.5 Å². The quantitative estimate of drug-likeness (QED) is 0.633. The summed E-state index contributed by atoms with van der Waals surface area (Å²) in [6.07, 6.45) is -3.66. The molecule has 162 valence electrons. The van der Waals surface area contributed by atoms with Gasteiger partial charge in [0.2, 0.25) is 0 Å². The molecule has 3 aromatic heterocycles. The lowest BCUT2D eigenvalue weighted by atomic mass is 10.2. The van der Waals surface area contributed by atoms with Gasteiger partial charge in [-0.1, -0.05) is 6.92 Å². The third-order valence-corrected chi connectivity index (χ3v) is 6.79. The third kappa shape index (κ3) is 3.64. The molecule has 0 aromatic carbocycles. The first-order chi connectivity index (χ1) is 14.1. The molecule has 0 radical (unpaired) electrons. The Morgan fingerprint density at radius 1 is 1.30 bits per heavy atom. The number of thiophene rings is 1. The SMILES string of the molecule is Cc1c(Cn2nc[nH]c2=O)sc2c1c(=O)n([C@H]1C[C@@H]1C)c(=O)n2CCCC(F)(F)F. The van der Waals surface area contributed by atoms with E-state index in [1.54, 1.807) is 6.92 Å². The van der Waals surface area contributed by atoms with Crippen LogP contribution in [0, 0.1) is 12.8 Å². The van der Waals surface area contributed by atoms with Crippen LogP contribution in [0.3, 0.4) is 0 Å². The minimum atomic E-state index is -4.32. The number of nitrogens with zero attached hydrogens (tertiary/aromatic N) is 4. The van der Waals surface area contributed by atoms with Gasteiger partial charge < -0.3 is 0 Å². The number of nitrogens with one attached hydrogen (secondary N) is 1. The molecule has 3 heterocycles. The minimum absolute atomic E-state index is 0.101. The number of rotatable bonds is 6. The zero-order valence-electron chi connectivity index (χ0n) is 16.3. The van der Waals surface area contributed by atoms with Crippen LogP contribution in [0.15, 0.2) is 20.7 Å². The van der Waals surface area contributed by atoms with Crippen molar-refractivity contribution in [1.29, 1.82) is 0 Å². The van der Waals surface area contributed by atoms with E-state index in [2.05, 4.69) is 10.1 Å². The predicted octanol–water partition coefficient (Wildman–Crippen LogP) is 2.39. The van der Waals surface area contributed by atoms with E-state index in [1.165, 1.54) is 20.1 Å². The number of fused-ring (bicyclic) bond motifs is 1. The maximum atomic E-state index is 13.2. The van der Waals surface area contributed by atoms with Gasteiger partial charge in [-0.05, 0) is 31.2 Å². The first kappa shape index (κ1) is 20.6. The standard InChI is InChI=1S/C18H20F3N5O3S/c1-9-6-11(9)26-14(27)13-10(2)12(7-25-16(28)22-8-23-25)30-15(13)24(17(26)29)5-3-4-18(19,20)21/h8-9,11H,3-7H2,1-2H3,(H,22,23,28)/t9-,11-/m0/s1. The van der Waals surface area contributed by atoms with E-state index in [0.29, 0.717) is 27.1 Å². The maximum absolute atomic E-state index is 13.2. The zero-order chi connectivity index (χ0) is 21.8. The van der Waals surface area contributed by atoms with E-state index < -0.39 is 29.5 Å². The van der Waals surface area contributed by atoms with Crippen LogP contribution in [0.5, 0.6) is 0 Å². The lowest BCUT2D eigenvalue weighted by molar-refractivity contribution is -0.135. The van der Waals surface area contributed by atoms with E-state index >= 15 is 0 Å². The van der Waals surface area contributed by atoms with E-state index in [4.69, 9.17) is 0 Å². The van der Waals surface area contributed by atoms with E-state index in [1.807, 2.05) is 6.92 Å². The first-order valence-electron chi connectivity index (χ1n) is 9.53. The fraction of sp³-hybridized carbons (Fsp3) is 0.556. The molecule has 1 aliphatic carbocycles.